The van der Waals surface area contributed by atoms with Gasteiger partial charge >= 0.3 is 17.9 Å². The Hall–Kier alpha value is -6.63. The fraction of sp³-hybridized carbons (Fsp3) is 0.386. The number of aliphatic hydroxyl groups is 5. The Bertz CT molecular complexity index is 2220. The van der Waals surface area contributed by atoms with E-state index in [4.69, 9.17) is 52.1 Å². The lowest BCUT2D eigenvalue weighted by molar-refractivity contribution is -0.383. The molecule has 0 amide bonds. The molecule has 0 spiro atoms. The molecule has 2 saturated heterocycles. The van der Waals surface area contributed by atoms with Crippen molar-refractivity contribution in [2.45, 2.75) is 54.8 Å². The summed E-state index contributed by atoms with van der Waals surface area (Å²) in [5, 5.41) is 84.5. The van der Waals surface area contributed by atoms with E-state index in [1.807, 2.05) is 0 Å². The quantitative estimate of drug-likeness (QED) is 0.0462. The second kappa shape index (κ2) is 22.5. The van der Waals surface area contributed by atoms with E-state index in [1.165, 1.54) is 96.2 Å². The predicted molar refractivity (Wildman–Crippen MR) is 224 cm³/mol. The third-order valence-corrected chi connectivity index (χ3v) is 10.2. The standard InChI is InChI=1S/C44H50O22/c1-56-26-14-22(6-10-25(26)47)7-12-35(50)64-42-41(63-34(49)13-9-24-17-29(59-4)37(52)30(18-24)60-5)31(19-45)65-44(42,21-46)66-43-40(55)39(54)38(53)32(62-43)20-61-33(48)11-8-23-15-27(57-2)36(51)28(16-23)58-3/h6-18,31-32,38-43,45-47,51-55H,19-21H2,1-5H3/b11-8+,12-7+,13-9+/t31-,32-,38-,39+,40-,41-,42+,43-,44+/m1/s1. The van der Waals surface area contributed by atoms with Crippen molar-refractivity contribution < 1.29 is 107 Å². The minimum Gasteiger partial charge on any atom is -0.504 e. The number of phenols is 3. The van der Waals surface area contributed by atoms with Crippen molar-refractivity contribution in [1.29, 1.82) is 0 Å². The number of aromatic hydroxyl groups is 3. The fourth-order valence-corrected chi connectivity index (χ4v) is 6.74. The molecule has 0 aromatic heterocycles. The minimum absolute atomic E-state index is 0.0120. The first-order valence-corrected chi connectivity index (χ1v) is 19.7. The molecule has 3 aromatic carbocycles. The number of hydrogen-bond acceptors (Lipinski definition) is 22. The van der Waals surface area contributed by atoms with Gasteiger partial charge < -0.3 is 93.0 Å². The predicted octanol–water partition coefficient (Wildman–Crippen LogP) is 0.557. The molecule has 2 aliphatic heterocycles. The van der Waals surface area contributed by atoms with Crippen molar-refractivity contribution in [3.05, 3.63) is 77.4 Å². The molecule has 0 aliphatic carbocycles. The number of ether oxygens (including phenoxy) is 11. The van der Waals surface area contributed by atoms with Crippen LogP contribution in [0.2, 0.25) is 0 Å². The van der Waals surface area contributed by atoms with Crippen molar-refractivity contribution in [2.75, 3.05) is 55.4 Å². The van der Waals surface area contributed by atoms with Gasteiger partial charge in [-0.25, -0.2) is 14.4 Å². The van der Waals surface area contributed by atoms with Gasteiger partial charge in [0.2, 0.25) is 17.3 Å². The average Bonchev–Trinajstić information content (AvgIpc) is 3.60. The monoisotopic (exact) mass is 930 g/mol. The maximum Gasteiger partial charge on any atom is 0.331 e. The molecular formula is C44H50O22. The normalized spacial score (nSPS) is 25.2. The van der Waals surface area contributed by atoms with E-state index < -0.39 is 92.5 Å². The van der Waals surface area contributed by atoms with E-state index >= 15 is 0 Å². The van der Waals surface area contributed by atoms with E-state index in [9.17, 15) is 55.2 Å². The van der Waals surface area contributed by atoms with Crippen LogP contribution in [0.1, 0.15) is 16.7 Å². The Balaban J connectivity index is 1.40. The minimum atomic E-state index is -2.66. The van der Waals surface area contributed by atoms with Crippen LogP contribution in [0, 0.1) is 0 Å². The number of hydrogen-bond donors (Lipinski definition) is 8. The van der Waals surface area contributed by atoms with Gasteiger partial charge in [-0.2, -0.15) is 0 Å². The van der Waals surface area contributed by atoms with Crippen molar-refractivity contribution in [2.24, 2.45) is 0 Å². The van der Waals surface area contributed by atoms with Crippen LogP contribution >= 0.6 is 0 Å². The summed E-state index contributed by atoms with van der Waals surface area (Å²) < 4.78 is 59.7. The topological polar surface area (TPSA) is 315 Å². The van der Waals surface area contributed by atoms with E-state index in [2.05, 4.69) is 0 Å². The van der Waals surface area contributed by atoms with Gasteiger partial charge in [-0.1, -0.05) is 6.07 Å². The third kappa shape index (κ3) is 11.6. The lowest BCUT2D eigenvalue weighted by Gasteiger charge is -2.43. The summed E-state index contributed by atoms with van der Waals surface area (Å²) in [5.41, 5.74) is 1.01. The summed E-state index contributed by atoms with van der Waals surface area (Å²) in [6, 6.07) is 9.70. The van der Waals surface area contributed by atoms with Gasteiger partial charge in [0.15, 0.2) is 53.0 Å². The van der Waals surface area contributed by atoms with Gasteiger partial charge in [-0.3, -0.25) is 0 Å². The Labute approximate surface area is 376 Å². The first-order valence-electron chi connectivity index (χ1n) is 19.7. The van der Waals surface area contributed by atoms with Crippen molar-refractivity contribution in [3.63, 3.8) is 0 Å². The SMILES string of the molecule is COc1cc(/C=C/C(=O)O[C@H]2[C@H](OC(=O)/C=C/c3cc(OC)c(O)c(OC)c3)[C@@H](CO)O[C@@]2(CO)O[C@H]2O[C@H](COC(=O)/C=C/c3cc(OC)c(O)c(OC)c3)[C@@H](O)[C@H](O)[C@H]2O)ccc1O. The first kappa shape index (κ1) is 50.4. The van der Waals surface area contributed by atoms with Crippen molar-refractivity contribution in [1.82, 2.24) is 0 Å². The van der Waals surface area contributed by atoms with Gasteiger partial charge in [0, 0.05) is 18.2 Å². The summed E-state index contributed by atoms with van der Waals surface area (Å²) in [7, 11) is 6.53. The highest BCUT2D eigenvalue weighted by Gasteiger charge is 2.62. The summed E-state index contributed by atoms with van der Waals surface area (Å²) in [6.45, 7) is -2.94. The lowest BCUT2D eigenvalue weighted by atomic mass is 9.98. The molecule has 0 bridgehead atoms. The Kier molecular flexibility index (Phi) is 17.2. The van der Waals surface area contributed by atoms with Crippen LogP contribution in [0.3, 0.4) is 0 Å². The van der Waals surface area contributed by atoms with Crippen LogP contribution < -0.4 is 23.7 Å². The highest BCUT2D eigenvalue weighted by Crippen LogP contribution is 2.41. The van der Waals surface area contributed by atoms with Gasteiger partial charge in [0.25, 0.3) is 0 Å². The van der Waals surface area contributed by atoms with Crippen LogP contribution in [0.25, 0.3) is 18.2 Å². The fourth-order valence-electron chi connectivity index (χ4n) is 6.74. The van der Waals surface area contributed by atoms with E-state index in [0.717, 1.165) is 18.2 Å². The van der Waals surface area contributed by atoms with Crippen LogP contribution in [0.4, 0.5) is 0 Å². The molecule has 2 heterocycles. The zero-order valence-corrected chi connectivity index (χ0v) is 36.0. The smallest absolute Gasteiger partial charge is 0.331 e. The zero-order valence-electron chi connectivity index (χ0n) is 36.0. The average molecular weight is 931 g/mol. The molecule has 2 aliphatic rings. The summed E-state index contributed by atoms with van der Waals surface area (Å²) in [6.07, 6.45) is -8.46. The highest BCUT2D eigenvalue weighted by molar-refractivity contribution is 5.89. The summed E-state index contributed by atoms with van der Waals surface area (Å²) in [5.74, 6) is -6.45. The van der Waals surface area contributed by atoms with Crippen molar-refractivity contribution in [3.8, 4) is 46.0 Å². The Morgan fingerprint density at radius 3 is 1.61 bits per heavy atom. The van der Waals surface area contributed by atoms with Gasteiger partial charge in [0.1, 0.15) is 43.7 Å². The second-order valence-electron chi connectivity index (χ2n) is 14.3. The number of aliphatic hydroxyl groups excluding tert-OH is 5. The molecule has 3 aromatic rings. The molecule has 0 unspecified atom stereocenters. The molecule has 358 valence electrons. The maximum absolute atomic E-state index is 13.5. The Morgan fingerprint density at radius 2 is 1.11 bits per heavy atom. The summed E-state index contributed by atoms with van der Waals surface area (Å²) >= 11 is 0. The third-order valence-electron chi connectivity index (χ3n) is 10.2. The zero-order chi connectivity index (χ0) is 48.3. The molecule has 22 heteroatoms. The van der Waals surface area contributed by atoms with E-state index in [0.29, 0.717) is 16.7 Å². The molecular weight excluding hydrogens is 880 g/mol. The molecule has 0 saturated carbocycles. The molecule has 8 N–H and O–H groups in total. The maximum atomic E-state index is 13.5. The number of phenolic OH excluding ortho intramolecular Hbond substituents is 3. The molecule has 0 radical (unpaired) electrons. The number of methoxy groups -OCH3 is 5. The molecule has 2 fully saturated rings. The van der Waals surface area contributed by atoms with Gasteiger partial charge in [-0.05, 0) is 71.3 Å². The van der Waals surface area contributed by atoms with Crippen molar-refractivity contribution >= 4 is 36.1 Å². The van der Waals surface area contributed by atoms with Crippen LogP contribution in [0.5, 0.6) is 46.0 Å². The molecule has 22 nitrogen and oxygen atoms in total. The van der Waals surface area contributed by atoms with Crippen LogP contribution in [-0.4, -0.2) is 169 Å². The number of carbonyl (C=O) groups is 3. The van der Waals surface area contributed by atoms with Gasteiger partial charge in [0.05, 0.1) is 42.2 Å². The number of benzene rings is 3. The largest absolute Gasteiger partial charge is 0.504 e. The van der Waals surface area contributed by atoms with Crippen LogP contribution in [0.15, 0.2) is 60.7 Å². The first-order chi connectivity index (χ1) is 31.5. The number of esters is 3. The van der Waals surface area contributed by atoms with E-state index in [1.54, 1.807) is 0 Å². The molecule has 66 heavy (non-hydrogen) atoms. The lowest BCUT2D eigenvalue weighted by Crippen LogP contribution is -2.63. The number of rotatable bonds is 19. The number of carbonyl (C=O) groups excluding carboxylic acids is 3. The molecule has 5 rings (SSSR count). The van der Waals surface area contributed by atoms with Gasteiger partial charge in [-0.15, -0.1) is 0 Å². The second-order valence-corrected chi connectivity index (χ2v) is 14.3. The van der Waals surface area contributed by atoms with Crippen LogP contribution in [-0.2, 0) is 42.8 Å². The summed E-state index contributed by atoms with van der Waals surface area (Å²) in [4.78, 5) is 39.6. The molecule has 9 atom stereocenters. The Morgan fingerprint density at radius 1 is 0.621 bits per heavy atom. The highest BCUT2D eigenvalue weighted by atomic mass is 16.8. The van der Waals surface area contributed by atoms with E-state index in [-0.39, 0.29) is 46.0 Å².